The highest BCUT2D eigenvalue weighted by atomic mass is 16.5. The molecular formula is C12H20N2O4. The van der Waals surface area contributed by atoms with E-state index < -0.39 is 5.97 Å². The molecule has 1 N–H and O–H groups in total. The van der Waals surface area contributed by atoms with Crippen molar-refractivity contribution >= 4 is 12.0 Å². The molecule has 1 aromatic rings. The highest BCUT2D eigenvalue weighted by molar-refractivity contribution is 5.87. The zero-order valence-electron chi connectivity index (χ0n) is 10.9. The third-order valence-electron chi connectivity index (χ3n) is 2.29. The van der Waals surface area contributed by atoms with Gasteiger partial charge in [0.05, 0.1) is 6.61 Å². The summed E-state index contributed by atoms with van der Waals surface area (Å²) in [4.78, 5) is 15.3. The summed E-state index contributed by atoms with van der Waals surface area (Å²) >= 11 is 0. The fourth-order valence-corrected chi connectivity index (χ4v) is 1.40. The number of carbonyl (C=O) groups is 1. The molecule has 0 spiro atoms. The number of methoxy groups -OCH3 is 1. The van der Waals surface area contributed by atoms with Crippen LogP contribution in [-0.2, 0) is 9.47 Å². The summed E-state index contributed by atoms with van der Waals surface area (Å²) in [7, 11) is 1.70. The minimum absolute atomic E-state index is 0.193. The van der Waals surface area contributed by atoms with Gasteiger partial charge in [-0.05, 0) is 26.2 Å². The van der Waals surface area contributed by atoms with Crippen molar-refractivity contribution in [2.75, 3.05) is 32.2 Å². The summed E-state index contributed by atoms with van der Waals surface area (Å²) in [5.41, 5.74) is 0.193. The number of nitrogens with one attached hydrogen (secondary N) is 1. The number of anilines is 1. The molecule has 1 rings (SSSR count). The predicted octanol–water partition coefficient (Wildman–Crippen LogP) is 2.08. The van der Waals surface area contributed by atoms with E-state index in [-0.39, 0.29) is 5.69 Å². The fourth-order valence-electron chi connectivity index (χ4n) is 1.40. The Morgan fingerprint density at radius 1 is 1.44 bits per heavy atom. The highest BCUT2D eigenvalue weighted by Crippen LogP contribution is 2.09. The zero-order chi connectivity index (χ0) is 13.2. The van der Waals surface area contributed by atoms with Gasteiger partial charge in [0.2, 0.25) is 0 Å². The molecule has 0 aromatic carbocycles. The van der Waals surface area contributed by atoms with E-state index in [1.54, 1.807) is 14.0 Å². The molecule has 0 atom stereocenters. The predicted molar refractivity (Wildman–Crippen MR) is 66.7 cm³/mol. The monoisotopic (exact) mass is 256 g/mol. The lowest BCUT2D eigenvalue weighted by molar-refractivity contribution is 0.0519. The van der Waals surface area contributed by atoms with Gasteiger partial charge >= 0.3 is 5.97 Å². The second-order valence-electron chi connectivity index (χ2n) is 3.74. The Hall–Kier alpha value is -1.56. The van der Waals surface area contributed by atoms with Gasteiger partial charge in [-0.3, -0.25) is 0 Å². The molecule has 0 bridgehead atoms. The normalized spacial score (nSPS) is 10.3. The van der Waals surface area contributed by atoms with Crippen LogP contribution in [0.2, 0.25) is 0 Å². The number of aromatic nitrogens is 1. The second kappa shape index (κ2) is 8.52. The van der Waals surface area contributed by atoms with Crippen molar-refractivity contribution in [1.29, 1.82) is 0 Å². The van der Waals surface area contributed by atoms with E-state index in [2.05, 4.69) is 10.3 Å². The van der Waals surface area contributed by atoms with Gasteiger partial charge in [0.1, 0.15) is 6.26 Å². The summed E-state index contributed by atoms with van der Waals surface area (Å²) in [6.45, 7) is 3.61. The SMILES string of the molecule is CCOC(=O)c1coc(NCCCCCOC)n1. The molecule has 6 heteroatoms. The first-order valence-electron chi connectivity index (χ1n) is 6.13. The number of nitrogens with zero attached hydrogens (tertiary/aromatic N) is 1. The van der Waals surface area contributed by atoms with Gasteiger partial charge < -0.3 is 19.2 Å². The van der Waals surface area contributed by atoms with Crippen molar-refractivity contribution in [3.05, 3.63) is 12.0 Å². The third-order valence-corrected chi connectivity index (χ3v) is 2.29. The van der Waals surface area contributed by atoms with Gasteiger partial charge in [-0.15, -0.1) is 0 Å². The number of unbranched alkanes of at least 4 members (excludes halogenated alkanes) is 2. The number of carbonyl (C=O) groups excluding carboxylic acids is 1. The van der Waals surface area contributed by atoms with Crippen LogP contribution < -0.4 is 5.32 Å². The van der Waals surface area contributed by atoms with E-state index in [4.69, 9.17) is 13.9 Å². The molecule has 0 aliphatic heterocycles. The molecule has 0 amide bonds. The van der Waals surface area contributed by atoms with Crippen LogP contribution >= 0.6 is 0 Å². The lowest BCUT2D eigenvalue weighted by atomic mass is 10.2. The van der Waals surface area contributed by atoms with Gasteiger partial charge in [-0.2, -0.15) is 4.98 Å². The third kappa shape index (κ3) is 5.18. The molecule has 0 unspecified atom stereocenters. The molecule has 0 saturated carbocycles. The first-order chi connectivity index (χ1) is 8.77. The van der Waals surface area contributed by atoms with Crippen LogP contribution in [-0.4, -0.2) is 37.8 Å². The van der Waals surface area contributed by atoms with Gasteiger partial charge in [0, 0.05) is 20.3 Å². The van der Waals surface area contributed by atoms with Crippen LogP contribution in [0.15, 0.2) is 10.7 Å². The summed E-state index contributed by atoms with van der Waals surface area (Å²) in [6, 6.07) is 0.352. The Kier molecular flexibility index (Phi) is 6.86. The van der Waals surface area contributed by atoms with Crippen molar-refractivity contribution < 1.29 is 18.7 Å². The summed E-state index contributed by atoms with van der Waals surface area (Å²) in [6.07, 6.45) is 4.41. The maximum Gasteiger partial charge on any atom is 0.360 e. The minimum atomic E-state index is -0.464. The second-order valence-corrected chi connectivity index (χ2v) is 3.74. The molecular weight excluding hydrogens is 236 g/mol. The van der Waals surface area contributed by atoms with Crippen LogP contribution in [0.1, 0.15) is 36.7 Å². The maximum atomic E-state index is 11.3. The average molecular weight is 256 g/mol. The van der Waals surface area contributed by atoms with Gasteiger partial charge in [0.15, 0.2) is 5.69 Å². The molecule has 1 heterocycles. The summed E-state index contributed by atoms with van der Waals surface area (Å²) < 4.78 is 14.9. The quantitative estimate of drug-likeness (QED) is 0.538. The molecule has 102 valence electrons. The topological polar surface area (TPSA) is 73.6 Å². The average Bonchev–Trinajstić information content (AvgIpc) is 2.83. The van der Waals surface area contributed by atoms with Gasteiger partial charge in [-0.25, -0.2) is 4.79 Å². The maximum absolute atomic E-state index is 11.3. The molecule has 0 aliphatic rings. The van der Waals surface area contributed by atoms with E-state index in [1.165, 1.54) is 6.26 Å². The Labute approximate surface area is 107 Å². The number of rotatable bonds is 9. The van der Waals surface area contributed by atoms with E-state index >= 15 is 0 Å². The summed E-state index contributed by atoms with van der Waals surface area (Å²) in [5, 5.41) is 3.01. The minimum Gasteiger partial charge on any atom is -0.461 e. The molecule has 0 saturated heterocycles. The number of esters is 1. The Morgan fingerprint density at radius 2 is 2.28 bits per heavy atom. The van der Waals surface area contributed by atoms with E-state index in [1.807, 2.05) is 0 Å². The summed E-state index contributed by atoms with van der Waals surface area (Å²) in [5.74, 6) is -0.464. The standard InChI is InChI=1S/C12H20N2O4/c1-3-17-11(15)10-9-18-12(14-10)13-7-5-4-6-8-16-2/h9H,3-8H2,1-2H3,(H,13,14). The van der Waals surface area contributed by atoms with E-state index in [0.29, 0.717) is 12.6 Å². The highest BCUT2D eigenvalue weighted by Gasteiger charge is 2.12. The molecule has 0 aliphatic carbocycles. The van der Waals surface area contributed by atoms with Crippen LogP contribution in [0, 0.1) is 0 Å². The number of oxazole rings is 1. The lowest BCUT2D eigenvalue weighted by Gasteiger charge is -2.01. The zero-order valence-corrected chi connectivity index (χ0v) is 10.9. The van der Waals surface area contributed by atoms with E-state index in [9.17, 15) is 4.79 Å². The van der Waals surface area contributed by atoms with Gasteiger partial charge in [0.25, 0.3) is 6.01 Å². The number of hydrogen-bond acceptors (Lipinski definition) is 6. The molecule has 6 nitrogen and oxygen atoms in total. The smallest absolute Gasteiger partial charge is 0.360 e. The fraction of sp³-hybridized carbons (Fsp3) is 0.667. The van der Waals surface area contributed by atoms with Crippen molar-refractivity contribution in [1.82, 2.24) is 4.98 Å². The first kappa shape index (κ1) is 14.5. The Balaban J connectivity index is 2.21. The Morgan fingerprint density at radius 3 is 3.00 bits per heavy atom. The van der Waals surface area contributed by atoms with Crippen LogP contribution in [0.5, 0.6) is 0 Å². The number of ether oxygens (including phenoxy) is 2. The van der Waals surface area contributed by atoms with Crippen molar-refractivity contribution in [3.8, 4) is 0 Å². The van der Waals surface area contributed by atoms with Crippen LogP contribution in [0.4, 0.5) is 6.01 Å². The van der Waals surface area contributed by atoms with Crippen molar-refractivity contribution in [2.45, 2.75) is 26.2 Å². The molecule has 0 radical (unpaired) electrons. The van der Waals surface area contributed by atoms with Crippen LogP contribution in [0.3, 0.4) is 0 Å². The van der Waals surface area contributed by atoms with Gasteiger partial charge in [-0.1, -0.05) is 0 Å². The molecule has 1 aromatic heterocycles. The van der Waals surface area contributed by atoms with Crippen molar-refractivity contribution in [2.24, 2.45) is 0 Å². The largest absolute Gasteiger partial charge is 0.461 e. The first-order valence-corrected chi connectivity index (χ1v) is 6.13. The Bertz CT molecular complexity index is 352. The molecule has 18 heavy (non-hydrogen) atoms. The van der Waals surface area contributed by atoms with Crippen molar-refractivity contribution in [3.63, 3.8) is 0 Å². The van der Waals surface area contributed by atoms with E-state index in [0.717, 1.165) is 32.4 Å². The van der Waals surface area contributed by atoms with Crippen LogP contribution in [0.25, 0.3) is 0 Å². The lowest BCUT2D eigenvalue weighted by Crippen LogP contribution is -2.06. The number of hydrogen-bond donors (Lipinski definition) is 1. The molecule has 0 fully saturated rings.